The second kappa shape index (κ2) is 3.33. The number of nitrogens with one attached hydrogen (secondary N) is 1. The summed E-state index contributed by atoms with van der Waals surface area (Å²) >= 11 is 0. The fourth-order valence-corrected chi connectivity index (χ4v) is 1.55. The van der Waals surface area contributed by atoms with E-state index in [-0.39, 0.29) is 0 Å². The third kappa shape index (κ3) is 1.45. The van der Waals surface area contributed by atoms with Crippen LogP contribution in [0.1, 0.15) is 12.7 Å². The summed E-state index contributed by atoms with van der Waals surface area (Å²) in [4.78, 5) is 9.81. The summed E-state index contributed by atoms with van der Waals surface area (Å²) in [6, 6.07) is 6.30. The first kappa shape index (κ1) is 9.06. The predicted molar refractivity (Wildman–Crippen MR) is 59.8 cm³/mol. The van der Waals surface area contributed by atoms with Crippen molar-refractivity contribution < 1.29 is 0 Å². The van der Waals surface area contributed by atoms with E-state index in [1.165, 1.54) is 5.69 Å². The lowest BCUT2D eigenvalue weighted by Crippen LogP contribution is -2.15. The van der Waals surface area contributed by atoms with Crippen molar-refractivity contribution in [2.75, 3.05) is 18.5 Å². The summed E-state index contributed by atoms with van der Waals surface area (Å²) in [5, 5.41) is 0. The van der Waals surface area contributed by atoms with E-state index in [1.54, 1.807) is 0 Å². The molecule has 74 valence electrons. The zero-order valence-electron chi connectivity index (χ0n) is 8.83. The predicted octanol–water partition coefficient (Wildman–Crippen LogP) is 2.33. The van der Waals surface area contributed by atoms with Crippen LogP contribution >= 0.6 is 0 Å². The Morgan fingerprint density at radius 2 is 2.21 bits per heavy atom. The van der Waals surface area contributed by atoms with Gasteiger partial charge in [0.05, 0.1) is 11.0 Å². The van der Waals surface area contributed by atoms with E-state index in [0.717, 1.165) is 23.4 Å². The number of rotatable bonds is 2. The number of hydrogen-bond donors (Lipinski definition) is 1. The van der Waals surface area contributed by atoms with Gasteiger partial charge in [0.25, 0.3) is 0 Å². The standard InChI is InChI=1S/C11H15N3/c1-4-14(3)9-5-6-10-11(7-9)13-8(2)12-10/h5-7H,4H2,1-3H3,(H,12,13). The number of hydrogen-bond acceptors (Lipinski definition) is 2. The number of benzene rings is 1. The number of aromatic nitrogens is 2. The Morgan fingerprint density at radius 1 is 1.43 bits per heavy atom. The van der Waals surface area contributed by atoms with Gasteiger partial charge in [0, 0.05) is 19.3 Å². The first-order valence-corrected chi connectivity index (χ1v) is 4.88. The summed E-state index contributed by atoms with van der Waals surface area (Å²) in [6.45, 7) is 5.13. The van der Waals surface area contributed by atoms with E-state index in [2.05, 4.69) is 47.0 Å². The molecule has 0 radical (unpaired) electrons. The summed E-state index contributed by atoms with van der Waals surface area (Å²) < 4.78 is 0. The quantitative estimate of drug-likeness (QED) is 0.786. The molecule has 0 atom stereocenters. The highest BCUT2D eigenvalue weighted by molar-refractivity contribution is 5.79. The Balaban J connectivity index is 2.50. The van der Waals surface area contributed by atoms with Gasteiger partial charge in [-0.1, -0.05) is 0 Å². The van der Waals surface area contributed by atoms with Gasteiger partial charge in [0.15, 0.2) is 0 Å². The third-order valence-corrected chi connectivity index (χ3v) is 2.50. The first-order chi connectivity index (χ1) is 6.70. The van der Waals surface area contributed by atoms with Crippen molar-refractivity contribution in [2.45, 2.75) is 13.8 Å². The van der Waals surface area contributed by atoms with E-state index >= 15 is 0 Å². The zero-order valence-corrected chi connectivity index (χ0v) is 8.83. The molecule has 1 N–H and O–H groups in total. The van der Waals surface area contributed by atoms with Crippen LogP contribution in [0.3, 0.4) is 0 Å². The molecule has 14 heavy (non-hydrogen) atoms. The zero-order chi connectivity index (χ0) is 10.1. The molecule has 0 bridgehead atoms. The molecule has 0 amide bonds. The summed E-state index contributed by atoms with van der Waals surface area (Å²) in [5.41, 5.74) is 3.37. The smallest absolute Gasteiger partial charge is 0.104 e. The van der Waals surface area contributed by atoms with Gasteiger partial charge < -0.3 is 9.88 Å². The van der Waals surface area contributed by atoms with Crippen molar-refractivity contribution in [1.82, 2.24) is 9.97 Å². The normalized spacial score (nSPS) is 10.8. The van der Waals surface area contributed by atoms with Gasteiger partial charge in [0.1, 0.15) is 5.82 Å². The number of H-pyrrole nitrogens is 1. The van der Waals surface area contributed by atoms with Gasteiger partial charge in [-0.2, -0.15) is 0 Å². The molecule has 2 aromatic rings. The average Bonchev–Trinajstić information content (AvgIpc) is 2.55. The summed E-state index contributed by atoms with van der Waals surface area (Å²) in [7, 11) is 2.09. The molecule has 0 saturated carbocycles. The topological polar surface area (TPSA) is 31.9 Å². The first-order valence-electron chi connectivity index (χ1n) is 4.88. The molecule has 0 unspecified atom stereocenters. The van der Waals surface area contributed by atoms with E-state index in [9.17, 15) is 0 Å². The van der Waals surface area contributed by atoms with Crippen LogP contribution in [-0.2, 0) is 0 Å². The second-order valence-electron chi connectivity index (χ2n) is 3.54. The molecular formula is C11H15N3. The molecule has 0 aliphatic heterocycles. The van der Waals surface area contributed by atoms with Crippen LogP contribution in [0, 0.1) is 6.92 Å². The van der Waals surface area contributed by atoms with Crippen molar-refractivity contribution in [2.24, 2.45) is 0 Å². The third-order valence-electron chi connectivity index (χ3n) is 2.50. The maximum Gasteiger partial charge on any atom is 0.104 e. The van der Waals surface area contributed by atoms with Gasteiger partial charge in [-0.25, -0.2) is 4.98 Å². The maximum atomic E-state index is 4.37. The molecule has 0 saturated heterocycles. The minimum Gasteiger partial charge on any atom is -0.375 e. The number of nitrogens with zero attached hydrogens (tertiary/aromatic N) is 2. The van der Waals surface area contributed by atoms with Crippen LogP contribution in [-0.4, -0.2) is 23.6 Å². The molecule has 0 spiro atoms. The molecular weight excluding hydrogens is 174 g/mol. The fraction of sp³-hybridized carbons (Fsp3) is 0.364. The summed E-state index contributed by atoms with van der Waals surface area (Å²) in [5.74, 6) is 0.969. The molecule has 0 aliphatic carbocycles. The Kier molecular flexibility index (Phi) is 2.15. The lowest BCUT2D eigenvalue weighted by atomic mass is 10.2. The van der Waals surface area contributed by atoms with E-state index in [0.29, 0.717) is 0 Å². The van der Waals surface area contributed by atoms with E-state index in [1.807, 2.05) is 6.92 Å². The van der Waals surface area contributed by atoms with Crippen LogP contribution < -0.4 is 4.90 Å². The van der Waals surface area contributed by atoms with Gasteiger partial charge in [0.2, 0.25) is 0 Å². The van der Waals surface area contributed by atoms with Gasteiger partial charge >= 0.3 is 0 Å². The van der Waals surface area contributed by atoms with Crippen molar-refractivity contribution >= 4 is 16.7 Å². The van der Waals surface area contributed by atoms with Crippen molar-refractivity contribution in [3.8, 4) is 0 Å². The molecule has 0 aliphatic rings. The van der Waals surface area contributed by atoms with E-state index in [4.69, 9.17) is 0 Å². The minimum atomic E-state index is 0.969. The maximum absolute atomic E-state index is 4.37. The number of aromatic amines is 1. The SMILES string of the molecule is CCN(C)c1ccc2nc(C)[nH]c2c1. The van der Waals surface area contributed by atoms with Crippen LogP contribution in [0.2, 0.25) is 0 Å². The van der Waals surface area contributed by atoms with Crippen LogP contribution in [0.4, 0.5) is 5.69 Å². The molecule has 1 aromatic carbocycles. The number of aryl methyl sites for hydroxylation is 1. The van der Waals surface area contributed by atoms with Crippen LogP contribution in [0.5, 0.6) is 0 Å². The largest absolute Gasteiger partial charge is 0.375 e. The number of imidazole rings is 1. The highest BCUT2D eigenvalue weighted by atomic mass is 15.1. The van der Waals surface area contributed by atoms with Crippen molar-refractivity contribution in [3.05, 3.63) is 24.0 Å². The molecule has 3 heteroatoms. The summed E-state index contributed by atoms with van der Waals surface area (Å²) in [6.07, 6.45) is 0. The minimum absolute atomic E-state index is 0.969. The van der Waals surface area contributed by atoms with Crippen LogP contribution in [0.25, 0.3) is 11.0 Å². The number of anilines is 1. The van der Waals surface area contributed by atoms with Gasteiger partial charge in [-0.15, -0.1) is 0 Å². The average molecular weight is 189 g/mol. The van der Waals surface area contributed by atoms with Gasteiger partial charge in [-0.3, -0.25) is 0 Å². The molecule has 1 aromatic heterocycles. The highest BCUT2D eigenvalue weighted by Crippen LogP contribution is 2.19. The monoisotopic (exact) mass is 189 g/mol. The fourth-order valence-electron chi connectivity index (χ4n) is 1.55. The molecule has 2 rings (SSSR count). The lowest BCUT2D eigenvalue weighted by molar-refractivity contribution is 0.969. The van der Waals surface area contributed by atoms with Gasteiger partial charge in [-0.05, 0) is 32.0 Å². The second-order valence-corrected chi connectivity index (χ2v) is 3.54. The Morgan fingerprint density at radius 3 is 2.93 bits per heavy atom. The Bertz CT molecular complexity index is 445. The Hall–Kier alpha value is -1.51. The van der Waals surface area contributed by atoms with Crippen molar-refractivity contribution in [1.29, 1.82) is 0 Å². The molecule has 3 nitrogen and oxygen atoms in total. The Labute approximate surface area is 83.8 Å². The van der Waals surface area contributed by atoms with E-state index < -0.39 is 0 Å². The molecule has 0 fully saturated rings. The molecule has 1 heterocycles. The van der Waals surface area contributed by atoms with Crippen molar-refractivity contribution in [3.63, 3.8) is 0 Å². The van der Waals surface area contributed by atoms with Crippen LogP contribution in [0.15, 0.2) is 18.2 Å². The number of fused-ring (bicyclic) bond motifs is 1. The highest BCUT2D eigenvalue weighted by Gasteiger charge is 2.02. The lowest BCUT2D eigenvalue weighted by Gasteiger charge is -2.16.